The molecular weight excluding hydrogens is 291 g/mol. The highest BCUT2D eigenvalue weighted by atomic mass is 35.5. The molecule has 0 saturated heterocycles. The van der Waals surface area contributed by atoms with Gasteiger partial charge in [-0.3, -0.25) is 9.69 Å². The van der Waals surface area contributed by atoms with Gasteiger partial charge in [-0.05, 0) is 42.4 Å². The summed E-state index contributed by atoms with van der Waals surface area (Å²) in [5.74, 6) is -0.828. The summed E-state index contributed by atoms with van der Waals surface area (Å²) in [4.78, 5) is 13.6. The van der Waals surface area contributed by atoms with Crippen LogP contribution in [-0.2, 0) is 11.3 Å². The van der Waals surface area contributed by atoms with Crippen molar-refractivity contribution in [3.63, 3.8) is 0 Å². The van der Waals surface area contributed by atoms with Crippen LogP contribution in [0.3, 0.4) is 0 Å². The first-order valence-electron chi connectivity index (χ1n) is 6.47. The zero-order chi connectivity index (χ0) is 15.4. The molecule has 2 N–H and O–H groups in total. The summed E-state index contributed by atoms with van der Waals surface area (Å²) in [6.45, 7) is 0.505. The van der Waals surface area contributed by atoms with E-state index in [0.717, 1.165) is 5.56 Å². The molecule has 0 aliphatic carbocycles. The van der Waals surface area contributed by atoms with E-state index in [1.165, 1.54) is 12.1 Å². The molecule has 0 unspecified atom stereocenters. The van der Waals surface area contributed by atoms with Gasteiger partial charge in [0.15, 0.2) is 0 Å². The molecule has 2 aromatic carbocycles. The monoisotopic (exact) mass is 306 g/mol. The summed E-state index contributed by atoms with van der Waals surface area (Å²) in [5.41, 5.74) is 7.12. The van der Waals surface area contributed by atoms with Gasteiger partial charge >= 0.3 is 0 Å². The third kappa shape index (κ3) is 4.03. The van der Waals surface area contributed by atoms with Gasteiger partial charge in [0.2, 0.25) is 5.91 Å². The fourth-order valence-corrected chi connectivity index (χ4v) is 2.51. The number of primary amides is 1. The third-order valence-corrected chi connectivity index (χ3v) is 3.45. The lowest BCUT2D eigenvalue weighted by atomic mass is 10.0. The summed E-state index contributed by atoms with van der Waals surface area (Å²) in [5, 5.41) is 0.637. The van der Waals surface area contributed by atoms with Crippen molar-refractivity contribution < 1.29 is 9.18 Å². The molecule has 0 fully saturated rings. The van der Waals surface area contributed by atoms with Gasteiger partial charge in [-0.1, -0.05) is 35.9 Å². The summed E-state index contributed by atoms with van der Waals surface area (Å²) in [7, 11) is 1.79. The van der Waals surface area contributed by atoms with Crippen LogP contribution in [0, 0.1) is 5.82 Å². The Morgan fingerprint density at radius 1 is 1.29 bits per heavy atom. The molecule has 5 heteroatoms. The molecule has 0 aromatic heterocycles. The quantitative estimate of drug-likeness (QED) is 0.922. The average Bonchev–Trinajstić information content (AvgIpc) is 2.41. The number of rotatable bonds is 5. The molecule has 0 spiro atoms. The van der Waals surface area contributed by atoms with E-state index in [4.69, 9.17) is 17.3 Å². The van der Waals surface area contributed by atoms with Crippen LogP contribution in [0.4, 0.5) is 4.39 Å². The molecule has 1 amide bonds. The number of amides is 1. The summed E-state index contributed by atoms with van der Waals surface area (Å²) in [6, 6.07) is 12.5. The molecule has 0 aliphatic heterocycles. The van der Waals surface area contributed by atoms with Crippen molar-refractivity contribution in [1.29, 1.82) is 0 Å². The molecule has 3 nitrogen and oxygen atoms in total. The Hall–Kier alpha value is -1.91. The number of nitrogens with two attached hydrogens (primary N) is 1. The van der Waals surface area contributed by atoms with Gasteiger partial charge in [0, 0.05) is 11.6 Å². The van der Waals surface area contributed by atoms with E-state index in [2.05, 4.69) is 0 Å². The first-order chi connectivity index (χ1) is 9.97. The van der Waals surface area contributed by atoms with Crippen molar-refractivity contribution in [3.8, 4) is 0 Å². The Bertz CT molecular complexity index is 630. The topological polar surface area (TPSA) is 46.3 Å². The Balaban J connectivity index is 2.22. The Morgan fingerprint density at radius 2 is 1.95 bits per heavy atom. The van der Waals surface area contributed by atoms with Gasteiger partial charge in [0.25, 0.3) is 0 Å². The maximum absolute atomic E-state index is 13.0. The molecule has 110 valence electrons. The Labute approximate surface area is 128 Å². The highest BCUT2D eigenvalue weighted by Crippen LogP contribution is 2.22. The standard InChI is InChI=1S/C16H16ClFN2O/c1-20(10-11-3-2-4-13(17)9-11)15(16(19)21)12-5-7-14(18)8-6-12/h2-9,15H,10H2,1H3,(H2,19,21)/t15-/m1/s1. The second-order valence-corrected chi connectivity index (χ2v) is 5.34. The van der Waals surface area contributed by atoms with E-state index in [1.807, 2.05) is 18.2 Å². The lowest BCUT2D eigenvalue weighted by Gasteiger charge is -2.26. The van der Waals surface area contributed by atoms with Crippen LogP contribution in [0.2, 0.25) is 5.02 Å². The highest BCUT2D eigenvalue weighted by Gasteiger charge is 2.23. The smallest absolute Gasteiger partial charge is 0.239 e. The second-order valence-electron chi connectivity index (χ2n) is 4.90. The van der Waals surface area contributed by atoms with Crippen molar-refractivity contribution in [1.82, 2.24) is 4.90 Å². The van der Waals surface area contributed by atoms with Crippen LogP contribution < -0.4 is 5.73 Å². The molecule has 21 heavy (non-hydrogen) atoms. The maximum Gasteiger partial charge on any atom is 0.239 e. The number of halogens is 2. The summed E-state index contributed by atoms with van der Waals surface area (Å²) < 4.78 is 13.0. The van der Waals surface area contributed by atoms with E-state index >= 15 is 0 Å². The maximum atomic E-state index is 13.0. The summed E-state index contributed by atoms with van der Waals surface area (Å²) in [6.07, 6.45) is 0. The molecule has 0 radical (unpaired) electrons. The number of carbonyl (C=O) groups is 1. The first kappa shape index (κ1) is 15.5. The minimum atomic E-state index is -0.621. The van der Waals surface area contributed by atoms with Crippen molar-refractivity contribution in [2.75, 3.05) is 7.05 Å². The number of hydrogen-bond donors (Lipinski definition) is 1. The lowest BCUT2D eigenvalue weighted by molar-refractivity contribution is -0.123. The van der Waals surface area contributed by atoms with E-state index < -0.39 is 11.9 Å². The van der Waals surface area contributed by atoms with Gasteiger partial charge in [-0.25, -0.2) is 4.39 Å². The SMILES string of the molecule is CN(Cc1cccc(Cl)c1)[C@@H](C(N)=O)c1ccc(F)cc1. The van der Waals surface area contributed by atoms with Crippen molar-refractivity contribution >= 4 is 17.5 Å². The van der Waals surface area contributed by atoms with Crippen LogP contribution in [0.5, 0.6) is 0 Å². The normalized spacial score (nSPS) is 12.4. The van der Waals surface area contributed by atoms with Gasteiger partial charge in [0.05, 0.1) is 0 Å². The zero-order valence-corrected chi connectivity index (χ0v) is 12.3. The van der Waals surface area contributed by atoms with Crippen molar-refractivity contribution in [3.05, 3.63) is 70.5 Å². The molecule has 0 saturated carbocycles. The molecule has 0 aliphatic rings. The Kier molecular flexibility index (Phi) is 4.94. The number of hydrogen-bond acceptors (Lipinski definition) is 2. The number of nitrogens with zero attached hydrogens (tertiary/aromatic N) is 1. The lowest BCUT2D eigenvalue weighted by Crippen LogP contribution is -2.35. The number of carbonyl (C=O) groups excluding carboxylic acids is 1. The summed E-state index contributed by atoms with van der Waals surface area (Å²) >= 11 is 5.95. The van der Waals surface area contributed by atoms with Gasteiger partial charge in [-0.2, -0.15) is 0 Å². The van der Waals surface area contributed by atoms with Crippen molar-refractivity contribution in [2.45, 2.75) is 12.6 Å². The predicted molar refractivity (Wildman–Crippen MR) is 81.3 cm³/mol. The van der Waals surface area contributed by atoms with Crippen molar-refractivity contribution in [2.24, 2.45) is 5.73 Å². The van der Waals surface area contributed by atoms with Crippen LogP contribution >= 0.6 is 11.6 Å². The van der Waals surface area contributed by atoms with E-state index in [1.54, 1.807) is 30.1 Å². The minimum absolute atomic E-state index is 0.348. The predicted octanol–water partition coefficient (Wildman–Crippen LogP) is 3.14. The van der Waals surface area contributed by atoms with Gasteiger partial charge < -0.3 is 5.73 Å². The molecule has 0 bridgehead atoms. The van der Waals surface area contributed by atoms with Gasteiger partial charge in [0.1, 0.15) is 11.9 Å². The van der Waals surface area contributed by atoms with Crippen LogP contribution in [0.1, 0.15) is 17.2 Å². The number of benzene rings is 2. The highest BCUT2D eigenvalue weighted by molar-refractivity contribution is 6.30. The van der Waals surface area contributed by atoms with E-state index in [9.17, 15) is 9.18 Å². The van der Waals surface area contributed by atoms with E-state index in [-0.39, 0.29) is 5.82 Å². The fraction of sp³-hybridized carbons (Fsp3) is 0.188. The molecule has 1 atom stereocenters. The minimum Gasteiger partial charge on any atom is -0.368 e. The third-order valence-electron chi connectivity index (χ3n) is 3.22. The molecular formula is C16H16ClFN2O. The first-order valence-corrected chi connectivity index (χ1v) is 6.84. The molecule has 0 heterocycles. The van der Waals surface area contributed by atoms with Crippen LogP contribution in [0.25, 0.3) is 0 Å². The fourth-order valence-electron chi connectivity index (χ4n) is 2.30. The number of likely N-dealkylation sites (N-methyl/N-ethyl adjacent to an activating group) is 1. The van der Waals surface area contributed by atoms with Gasteiger partial charge in [-0.15, -0.1) is 0 Å². The largest absolute Gasteiger partial charge is 0.368 e. The van der Waals surface area contributed by atoms with Crippen LogP contribution in [-0.4, -0.2) is 17.9 Å². The molecule has 2 rings (SSSR count). The molecule has 2 aromatic rings. The van der Waals surface area contributed by atoms with Crippen LogP contribution in [0.15, 0.2) is 48.5 Å². The average molecular weight is 307 g/mol. The zero-order valence-electron chi connectivity index (χ0n) is 11.6. The van der Waals surface area contributed by atoms with E-state index in [0.29, 0.717) is 17.1 Å². The second kappa shape index (κ2) is 6.70. The Morgan fingerprint density at radius 3 is 2.52 bits per heavy atom.